The van der Waals surface area contributed by atoms with Crippen molar-refractivity contribution in [2.24, 2.45) is 0 Å². The molecule has 4 nitrogen and oxygen atoms in total. The standard InChI is InChI=1S/C9H18N4S2/c1-7(2)13(3)6-4-5-10-8-11-12-9(14)15-8/h7H,4-6H2,1-3H3,(H,10,11)(H,12,14). The van der Waals surface area contributed by atoms with Gasteiger partial charge >= 0.3 is 0 Å². The maximum atomic E-state index is 4.94. The number of nitrogens with zero attached hydrogens (tertiary/aromatic N) is 2. The van der Waals surface area contributed by atoms with Crippen LogP contribution < -0.4 is 5.32 Å². The molecule has 0 atom stereocenters. The zero-order chi connectivity index (χ0) is 11.3. The summed E-state index contributed by atoms with van der Waals surface area (Å²) in [7, 11) is 2.14. The van der Waals surface area contributed by atoms with Crippen molar-refractivity contribution in [2.45, 2.75) is 26.3 Å². The molecule has 6 heteroatoms. The van der Waals surface area contributed by atoms with Crippen molar-refractivity contribution in [1.29, 1.82) is 0 Å². The van der Waals surface area contributed by atoms with E-state index >= 15 is 0 Å². The maximum absolute atomic E-state index is 4.94. The van der Waals surface area contributed by atoms with Gasteiger partial charge in [-0.15, -0.1) is 5.10 Å². The molecule has 0 fully saturated rings. The molecule has 1 aromatic heterocycles. The Kier molecular flexibility index (Phi) is 5.21. The summed E-state index contributed by atoms with van der Waals surface area (Å²) in [6.07, 6.45) is 1.11. The van der Waals surface area contributed by atoms with Gasteiger partial charge in [0.25, 0.3) is 0 Å². The monoisotopic (exact) mass is 246 g/mol. The highest BCUT2D eigenvalue weighted by Crippen LogP contribution is 2.10. The first-order valence-electron chi connectivity index (χ1n) is 5.09. The van der Waals surface area contributed by atoms with Gasteiger partial charge in [-0.05, 0) is 46.1 Å². The van der Waals surface area contributed by atoms with E-state index in [1.165, 1.54) is 11.3 Å². The molecule has 0 aromatic carbocycles. The van der Waals surface area contributed by atoms with Crippen LogP contribution in [0.15, 0.2) is 0 Å². The van der Waals surface area contributed by atoms with E-state index in [1.54, 1.807) is 0 Å². The summed E-state index contributed by atoms with van der Waals surface area (Å²) in [6, 6.07) is 0.609. The molecule has 0 unspecified atom stereocenters. The largest absolute Gasteiger partial charge is 0.360 e. The minimum Gasteiger partial charge on any atom is -0.360 e. The van der Waals surface area contributed by atoms with Gasteiger partial charge < -0.3 is 10.2 Å². The fourth-order valence-corrected chi connectivity index (χ4v) is 1.90. The summed E-state index contributed by atoms with van der Waals surface area (Å²) in [5, 5.41) is 10.9. The molecule has 1 aromatic rings. The number of hydrogen-bond acceptors (Lipinski definition) is 5. The van der Waals surface area contributed by atoms with Crippen LogP contribution in [0.3, 0.4) is 0 Å². The lowest BCUT2D eigenvalue weighted by atomic mass is 10.3. The van der Waals surface area contributed by atoms with E-state index in [9.17, 15) is 0 Å². The molecule has 0 aliphatic heterocycles. The Labute approximate surface area is 99.7 Å². The van der Waals surface area contributed by atoms with Gasteiger partial charge in [0.15, 0.2) is 3.95 Å². The lowest BCUT2D eigenvalue weighted by Crippen LogP contribution is -2.28. The third-order valence-corrected chi connectivity index (χ3v) is 3.33. The number of anilines is 1. The number of aromatic nitrogens is 2. The van der Waals surface area contributed by atoms with Gasteiger partial charge in [-0.3, -0.25) is 5.10 Å². The normalized spacial score (nSPS) is 11.3. The SMILES string of the molecule is CC(C)N(C)CCCNc1n[nH]c(=S)s1. The molecule has 0 spiro atoms. The minimum absolute atomic E-state index is 0.609. The first kappa shape index (κ1) is 12.6. The number of hydrogen-bond donors (Lipinski definition) is 2. The van der Waals surface area contributed by atoms with Gasteiger partial charge in [0, 0.05) is 12.6 Å². The van der Waals surface area contributed by atoms with E-state index in [4.69, 9.17) is 12.2 Å². The molecule has 1 heterocycles. The number of rotatable bonds is 6. The lowest BCUT2D eigenvalue weighted by molar-refractivity contribution is 0.273. The minimum atomic E-state index is 0.609. The second-order valence-corrected chi connectivity index (χ2v) is 5.44. The predicted octanol–water partition coefficient (Wildman–Crippen LogP) is 2.34. The van der Waals surface area contributed by atoms with Crippen LogP contribution in [0.4, 0.5) is 5.13 Å². The summed E-state index contributed by atoms with van der Waals surface area (Å²) in [4.78, 5) is 2.33. The molecule has 15 heavy (non-hydrogen) atoms. The Hall–Kier alpha value is -0.460. The average Bonchev–Trinajstić information content (AvgIpc) is 2.58. The molecular weight excluding hydrogens is 228 g/mol. The molecule has 0 saturated heterocycles. The van der Waals surface area contributed by atoms with Crippen LogP contribution in [0.2, 0.25) is 0 Å². The van der Waals surface area contributed by atoms with Crippen LogP contribution in [-0.2, 0) is 0 Å². The Balaban J connectivity index is 2.14. The zero-order valence-corrected chi connectivity index (χ0v) is 11.0. The Morgan fingerprint density at radius 3 is 2.87 bits per heavy atom. The number of aromatic amines is 1. The van der Waals surface area contributed by atoms with Crippen molar-refractivity contribution in [1.82, 2.24) is 15.1 Å². The molecule has 0 bridgehead atoms. The Morgan fingerprint density at radius 2 is 2.33 bits per heavy atom. The number of H-pyrrole nitrogens is 1. The fraction of sp³-hybridized carbons (Fsp3) is 0.778. The van der Waals surface area contributed by atoms with Crippen LogP contribution in [0.5, 0.6) is 0 Å². The molecule has 0 amide bonds. The third kappa shape index (κ3) is 4.72. The van der Waals surface area contributed by atoms with Gasteiger partial charge in [0.1, 0.15) is 0 Å². The highest BCUT2D eigenvalue weighted by atomic mass is 32.1. The Morgan fingerprint density at radius 1 is 1.60 bits per heavy atom. The highest BCUT2D eigenvalue weighted by Gasteiger charge is 2.02. The molecular formula is C9H18N4S2. The molecule has 86 valence electrons. The van der Waals surface area contributed by atoms with Crippen molar-refractivity contribution in [3.8, 4) is 0 Å². The quantitative estimate of drug-likeness (QED) is 0.597. The highest BCUT2D eigenvalue weighted by molar-refractivity contribution is 7.73. The first-order valence-corrected chi connectivity index (χ1v) is 6.31. The summed E-state index contributed by atoms with van der Waals surface area (Å²) in [5.74, 6) is 0. The van der Waals surface area contributed by atoms with E-state index in [2.05, 4.69) is 41.3 Å². The van der Waals surface area contributed by atoms with Gasteiger partial charge in [0.05, 0.1) is 0 Å². The molecule has 0 radical (unpaired) electrons. The van der Waals surface area contributed by atoms with Crippen LogP contribution in [0.25, 0.3) is 0 Å². The molecule has 0 saturated carbocycles. The maximum Gasteiger partial charge on any atom is 0.204 e. The summed E-state index contributed by atoms with van der Waals surface area (Å²) >= 11 is 6.42. The lowest BCUT2D eigenvalue weighted by Gasteiger charge is -2.20. The van der Waals surface area contributed by atoms with E-state index in [0.717, 1.165) is 28.6 Å². The summed E-state index contributed by atoms with van der Waals surface area (Å²) in [6.45, 7) is 6.44. The fourth-order valence-electron chi connectivity index (χ4n) is 1.09. The second kappa shape index (κ2) is 6.19. The van der Waals surface area contributed by atoms with Crippen LogP contribution in [0.1, 0.15) is 20.3 Å². The van der Waals surface area contributed by atoms with E-state index in [1.807, 2.05) is 0 Å². The summed E-state index contributed by atoms with van der Waals surface area (Å²) < 4.78 is 0.719. The summed E-state index contributed by atoms with van der Waals surface area (Å²) in [5.41, 5.74) is 0. The van der Waals surface area contributed by atoms with Crippen molar-refractivity contribution in [3.05, 3.63) is 3.95 Å². The van der Waals surface area contributed by atoms with Gasteiger partial charge in [-0.25, -0.2) is 0 Å². The predicted molar refractivity (Wildman–Crippen MR) is 68.2 cm³/mol. The van der Waals surface area contributed by atoms with Gasteiger partial charge in [-0.1, -0.05) is 11.3 Å². The van der Waals surface area contributed by atoms with Gasteiger partial charge in [-0.2, -0.15) is 0 Å². The van der Waals surface area contributed by atoms with E-state index < -0.39 is 0 Å². The topological polar surface area (TPSA) is 44.0 Å². The van der Waals surface area contributed by atoms with Crippen LogP contribution in [0, 0.1) is 3.95 Å². The van der Waals surface area contributed by atoms with Crippen LogP contribution >= 0.6 is 23.6 Å². The average molecular weight is 246 g/mol. The van der Waals surface area contributed by atoms with Gasteiger partial charge in [0.2, 0.25) is 5.13 Å². The molecule has 0 aliphatic carbocycles. The number of nitrogens with one attached hydrogen (secondary N) is 2. The van der Waals surface area contributed by atoms with E-state index in [-0.39, 0.29) is 0 Å². The molecule has 0 aliphatic rings. The van der Waals surface area contributed by atoms with Crippen molar-refractivity contribution >= 4 is 28.7 Å². The van der Waals surface area contributed by atoms with Crippen molar-refractivity contribution in [3.63, 3.8) is 0 Å². The molecule has 2 N–H and O–H groups in total. The van der Waals surface area contributed by atoms with Crippen molar-refractivity contribution in [2.75, 3.05) is 25.5 Å². The first-order chi connectivity index (χ1) is 7.09. The molecule has 1 rings (SSSR count). The van der Waals surface area contributed by atoms with E-state index in [0.29, 0.717) is 6.04 Å². The van der Waals surface area contributed by atoms with Crippen LogP contribution in [-0.4, -0.2) is 41.3 Å². The smallest absolute Gasteiger partial charge is 0.204 e. The Bertz CT molecular complexity index is 331. The zero-order valence-electron chi connectivity index (χ0n) is 9.41. The third-order valence-electron chi connectivity index (χ3n) is 2.28. The van der Waals surface area contributed by atoms with Crippen molar-refractivity contribution < 1.29 is 0 Å². The second-order valence-electron chi connectivity index (χ2n) is 3.77.